The topological polar surface area (TPSA) is 69.6 Å². The van der Waals surface area contributed by atoms with Crippen molar-refractivity contribution in [2.45, 2.75) is 19.8 Å². The lowest BCUT2D eigenvalue weighted by Crippen LogP contribution is -2.32. The summed E-state index contributed by atoms with van der Waals surface area (Å²) in [5.41, 5.74) is 1.53. The van der Waals surface area contributed by atoms with E-state index in [4.69, 9.17) is 5.11 Å². The van der Waals surface area contributed by atoms with Gasteiger partial charge in [0.15, 0.2) is 0 Å². The van der Waals surface area contributed by atoms with Crippen LogP contribution in [0.1, 0.15) is 28.8 Å². The van der Waals surface area contributed by atoms with E-state index in [0.717, 1.165) is 25.9 Å². The standard InChI is InChI=1S/C13H16N2O3/c1-9-8-10(4-5-11(9)12(16)17)14-13(18)15-6-2-3-7-15/h4-5,8H,2-3,6-7H2,1H3,(H,14,18)(H,16,17). The number of aromatic carboxylic acids is 1. The molecule has 0 atom stereocenters. The van der Waals surface area contributed by atoms with Crippen LogP contribution in [-0.2, 0) is 0 Å². The van der Waals surface area contributed by atoms with Gasteiger partial charge in [-0.3, -0.25) is 0 Å². The van der Waals surface area contributed by atoms with E-state index in [1.165, 1.54) is 6.07 Å². The van der Waals surface area contributed by atoms with Gasteiger partial charge in [-0.15, -0.1) is 0 Å². The summed E-state index contributed by atoms with van der Waals surface area (Å²) in [5, 5.41) is 11.7. The Labute approximate surface area is 105 Å². The highest BCUT2D eigenvalue weighted by molar-refractivity contribution is 5.92. The van der Waals surface area contributed by atoms with Gasteiger partial charge in [0.2, 0.25) is 0 Å². The summed E-state index contributed by atoms with van der Waals surface area (Å²) in [6.45, 7) is 3.30. The van der Waals surface area contributed by atoms with Crippen LogP contribution in [0.25, 0.3) is 0 Å². The predicted molar refractivity (Wildman–Crippen MR) is 68.0 cm³/mol. The minimum absolute atomic E-state index is 0.116. The highest BCUT2D eigenvalue weighted by Crippen LogP contribution is 2.17. The van der Waals surface area contributed by atoms with Gasteiger partial charge in [0.25, 0.3) is 0 Å². The number of nitrogens with zero attached hydrogens (tertiary/aromatic N) is 1. The van der Waals surface area contributed by atoms with E-state index in [2.05, 4.69) is 5.32 Å². The van der Waals surface area contributed by atoms with Gasteiger partial charge in [-0.1, -0.05) is 0 Å². The van der Waals surface area contributed by atoms with Gasteiger partial charge >= 0.3 is 12.0 Å². The van der Waals surface area contributed by atoms with Crippen LogP contribution in [-0.4, -0.2) is 35.1 Å². The van der Waals surface area contributed by atoms with Crippen molar-refractivity contribution in [2.24, 2.45) is 0 Å². The zero-order valence-electron chi connectivity index (χ0n) is 10.3. The van der Waals surface area contributed by atoms with Crippen LogP contribution >= 0.6 is 0 Å². The number of aryl methyl sites for hydroxylation is 1. The number of benzene rings is 1. The molecule has 1 aliphatic heterocycles. The van der Waals surface area contributed by atoms with Crippen molar-refractivity contribution in [1.29, 1.82) is 0 Å². The third-order valence-electron chi connectivity index (χ3n) is 3.10. The second-order valence-corrected chi connectivity index (χ2v) is 4.46. The summed E-state index contributed by atoms with van der Waals surface area (Å²) in [7, 11) is 0. The summed E-state index contributed by atoms with van der Waals surface area (Å²) in [6, 6.07) is 4.69. The molecular formula is C13H16N2O3. The maximum atomic E-state index is 11.8. The zero-order valence-corrected chi connectivity index (χ0v) is 10.3. The smallest absolute Gasteiger partial charge is 0.335 e. The first-order valence-electron chi connectivity index (χ1n) is 5.98. The Balaban J connectivity index is 2.07. The highest BCUT2D eigenvalue weighted by Gasteiger charge is 2.18. The van der Waals surface area contributed by atoms with E-state index < -0.39 is 5.97 Å². The number of carbonyl (C=O) groups excluding carboxylic acids is 1. The molecule has 96 valence electrons. The Kier molecular flexibility index (Phi) is 3.50. The minimum Gasteiger partial charge on any atom is -0.478 e. The van der Waals surface area contributed by atoms with Crippen molar-refractivity contribution in [3.8, 4) is 0 Å². The predicted octanol–water partition coefficient (Wildman–Crippen LogP) is 2.32. The minimum atomic E-state index is -0.954. The molecule has 1 heterocycles. The van der Waals surface area contributed by atoms with E-state index in [1.807, 2.05) is 0 Å². The zero-order chi connectivity index (χ0) is 13.1. The molecule has 0 bridgehead atoms. The van der Waals surface area contributed by atoms with Gasteiger partial charge in [0.05, 0.1) is 5.56 Å². The molecule has 0 aliphatic carbocycles. The number of anilines is 1. The Morgan fingerprint density at radius 3 is 2.50 bits per heavy atom. The molecule has 1 aliphatic rings. The molecule has 2 N–H and O–H groups in total. The van der Waals surface area contributed by atoms with Crippen molar-refractivity contribution in [1.82, 2.24) is 4.90 Å². The maximum Gasteiger partial charge on any atom is 0.335 e. The molecule has 18 heavy (non-hydrogen) atoms. The number of rotatable bonds is 2. The first-order chi connectivity index (χ1) is 8.58. The third kappa shape index (κ3) is 2.61. The number of carboxylic acid groups (broad SMARTS) is 1. The van der Waals surface area contributed by atoms with E-state index in [0.29, 0.717) is 11.3 Å². The first kappa shape index (κ1) is 12.4. The summed E-state index contributed by atoms with van der Waals surface area (Å²) >= 11 is 0. The molecule has 0 unspecified atom stereocenters. The third-order valence-corrected chi connectivity index (χ3v) is 3.10. The van der Waals surface area contributed by atoms with Crippen molar-refractivity contribution in [3.63, 3.8) is 0 Å². The second-order valence-electron chi connectivity index (χ2n) is 4.46. The average molecular weight is 248 g/mol. The molecule has 5 nitrogen and oxygen atoms in total. The summed E-state index contributed by atoms with van der Waals surface area (Å²) < 4.78 is 0. The number of amides is 2. The van der Waals surface area contributed by atoms with Crippen molar-refractivity contribution in [2.75, 3.05) is 18.4 Å². The van der Waals surface area contributed by atoms with E-state index in [1.54, 1.807) is 24.0 Å². The van der Waals surface area contributed by atoms with Crippen molar-refractivity contribution < 1.29 is 14.7 Å². The van der Waals surface area contributed by atoms with Crippen molar-refractivity contribution >= 4 is 17.7 Å². The summed E-state index contributed by atoms with van der Waals surface area (Å²) in [5.74, 6) is -0.954. The fraction of sp³-hybridized carbons (Fsp3) is 0.385. The van der Waals surface area contributed by atoms with E-state index >= 15 is 0 Å². The lowest BCUT2D eigenvalue weighted by molar-refractivity contribution is 0.0696. The van der Waals surface area contributed by atoms with Crippen LogP contribution in [0, 0.1) is 6.92 Å². The van der Waals surface area contributed by atoms with E-state index in [9.17, 15) is 9.59 Å². The van der Waals surface area contributed by atoms with Crippen molar-refractivity contribution in [3.05, 3.63) is 29.3 Å². The Morgan fingerprint density at radius 2 is 1.94 bits per heavy atom. The number of nitrogens with one attached hydrogen (secondary N) is 1. The monoisotopic (exact) mass is 248 g/mol. The van der Waals surface area contributed by atoms with Crippen LogP contribution in [0.15, 0.2) is 18.2 Å². The lowest BCUT2D eigenvalue weighted by Gasteiger charge is -2.16. The van der Waals surface area contributed by atoms with Crippen LogP contribution in [0.3, 0.4) is 0 Å². The van der Waals surface area contributed by atoms with Gasteiger partial charge in [-0.2, -0.15) is 0 Å². The fourth-order valence-electron chi connectivity index (χ4n) is 2.10. The Morgan fingerprint density at radius 1 is 1.28 bits per heavy atom. The van der Waals surface area contributed by atoms with E-state index in [-0.39, 0.29) is 11.6 Å². The number of hydrogen-bond acceptors (Lipinski definition) is 2. The lowest BCUT2D eigenvalue weighted by atomic mass is 10.1. The highest BCUT2D eigenvalue weighted by atomic mass is 16.4. The molecule has 1 saturated heterocycles. The number of carbonyl (C=O) groups is 2. The number of likely N-dealkylation sites (tertiary alicyclic amines) is 1. The fourth-order valence-corrected chi connectivity index (χ4v) is 2.10. The van der Waals surface area contributed by atoms with Crippen LogP contribution < -0.4 is 5.32 Å². The largest absolute Gasteiger partial charge is 0.478 e. The first-order valence-corrected chi connectivity index (χ1v) is 5.98. The Hall–Kier alpha value is -2.04. The SMILES string of the molecule is Cc1cc(NC(=O)N2CCCC2)ccc1C(=O)O. The molecule has 0 spiro atoms. The van der Waals surface area contributed by atoms with Gasteiger partial charge in [0.1, 0.15) is 0 Å². The quantitative estimate of drug-likeness (QED) is 0.843. The molecule has 1 aromatic rings. The van der Waals surface area contributed by atoms with Gasteiger partial charge in [0, 0.05) is 18.8 Å². The molecule has 2 amide bonds. The normalized spacial score (nSPS) is 14.6. The number of carboxylic acids is 1. The molecular weight excluding hydrogens is 232 g/mol. The molecule has 0 aromatic heterocycles. The molecule has 1 fully saturated rings. The van der Waals surface area contributed by atoms with Gasteiger partial charge in [-0.05, 0) is 43.5 Å². The molecule has 0 radical (unpaired) electrons. The Bertz CT molecular complexity index is 479. The van der Waals surface area contributed by atoms with Crippen LogP contribution in [0.5, 0.6) is 0 Å². The molecule has 0 saturated carbocycles. The average Bonchev–Trinajstić information content (AvgIpc) is 2.81. The van der Waals surface area contributed by atoms with Gasteiger partial charge in [-0.25, -0.2) is 9.59 Å². The van der Waals surface area contributed by atoms with Crippen LogP contribution in [0.4, 0.5) is 10.5 Å². The summed E-state index contributed by atoms with van der Waals surface area (Å²) in [4.78, 5) is 24.5. The summed E-state index contributed by atoms with van der Waals surface area (Å²) in [6.07, 6.45) is 2.09. The van der Waals surface area contributed by atoms with Gasteiger partial charge < -0.3 is 15.3 Å². The molecule has 5 heteroatoms. The van der Waals surface area contributed by atoms with Crippen LogP contribution in [0.2, 0.25) is 0 Å². The molecule has 1 aromatic carbocycles. The molecule has 2 rings (SSSR count). The number of hydrogen-bond donors (Lipinski definition) is 2. The number of urea groups is 1. The second kappa shape index (κ2) is 5.08. The maximum absolute atomic E-state index is 11.8.